The summed E-state index contributed by atoms with van der Waals surface area (Å²) >= 11 is 5.75. The second-order valence-electron chi connectivity index (χ2n) is 4.34. The molecule has 0 radical (unpaired) electrons. The van der Waals surface area contributed by atoms with Crippen molar-refractivity contribution in [3.05, 3.63) is 34.9 Å². The molecule has 6 heteroatoms. The third-order valence-electron chi connectivity index (χ3n) is 2.67. The second-order valence-corrected chi connectivity index (χ2v) is 4.78. The van der Waals surface area contributed by atoms with Gasteiger partial charge in [0.1, 0.15) is 6.04 Å². The lowest BCUT2D eigenvalue weighted by Crippen LogP contribution is -2.45. The van der Waals surface area contributed by atoms with E-state index in [2.05, 4.69) is 10.6 Å². The van der Waals surface area contributed by atoms with Crippen LogP contribution < -0.4 is 10.6 Å². The van der Waals surface area contributed by atoms with Gasteiger partial charge in [-0.3, -0.25) is 9.59 Å². The van der Waals surface area contributed by atoms with E-state index in [1.54, 1.807) is 38.3 Å². The molecule has 0 heterocycles. The minimum Gasteiger partial charge on any atom is -0.385 e. The van der Waals surface area contributed by atoms with Crippen LogP contribution in [-0.4, -0.2) is 38.1 Å². The summed E-state index contributed by atoms with van der Waals surface area (Å²) in [5.41, 5.74) is 0.466. The molecule has 0 bridgehead atoms. The van der Waals surface area contributed by atoms with E-state index in [-0.39, 0.29) is 11.8 Å². The summed E-state index contributed by atoms with van der Waals surface area (Å²) in [6.45, 7) is 2.75. The Morgan fingerprint density at radius 2 is 1.95 bits per heavy atom. The van der Waals surface area contributed by atoms with Crippen molar-refractivity contribution in [1.29, 1.82) is 0 Å². The minimum absolute atomic E-state index is 0.219. The van der Waals surface area contributed by atoms with Crippen molar-refractivity contribution in [3.8, 4) is 0 Å². The first-order chi connectivity index (χ1) is 9.54. The number of ether oxygens (including phenoxy) is 1. The molecule has 0 fully saturated rings. The number of nitrogens with one attached hydrogen (secondary N) is 2. The molecule has 1 aromatic rings. The number of halogens is 1. The van der Waals surface area contributed by atoms with Crippen LogP contribution >= 0.6 is 11.6 Å². The number of methoxy groups -OCH3 is 1. The van der Waals surface area contributed by atoms with Gasteiger partial charge in [-0.15, -0.1) is 0 Å². The lowest BCUT2D eigenvalue weighted by atomic mass is 10.2. The SMILES string of the molecule is COCCCNC(=O)C(C)NC(=O)c1ccc(Cl)cc1. The van der Waals surface area contributed by atoms with Gasteiger partial charge in [-0.05, 0) is 37.6 Å². The molecular formula is C14H19ClN2O3. The molecule has 20 heavy (non-hydrogen) atoms. The first-order valence-electron chi connectivity index (χ1n) is 6.37. The highest BCUT2D eigenvalue weighted by Gasteiger charge is 2.15. The average molecular weight is 299 g/mol. The summed E-state index contributed by atoms with van der Waals surface area (Å²) in [6.07, 6.45) is 0.736. The zero-order valence-electron chi connectivity index (χ0n) is 11.6. The van der Waals surface area contributed by atoms with Gasteiger partial charge >= 0.3 is 0 Å². The zero-order valence-corrected chi connectivity index (χ0v) is 12.4. The smallest absolute Gasteiger partial charge is 0.251 e. The van der Waals surface area contributed by atoms with Gasteiger partial charge in [0.25, 0.3) is 5.91 Å². The van der Waals surface area contributed by atoms with Crippen LogP contribution in [-0.2, 0) is 9.53 Å². The van der Waals surface area contributed by atoms with Crippen LogP contribution in [0.2, 0.25) is 5.02 Å². The Labute approximate surface area is 123 Å². The Hall–Kier alpha value is -1.59. The summed E-state index contributed by atoms with van der Waals surface area (Å²) < 4.78 is 4.88. The maximum Gasteiger partial charge on any atom is 0.251 e. The van der Waals surface area contributed by atoms with E-state index in [0.717, 1.165) is 6.42 Å². The van der Waals surface area contributed by atoms with E-state index in [9.17, 15) is 9.59 Å². The zero-order chi connectivity index (χ0) is 15.0. The van der Waals surface area contributed by atoms with Crippen LogP contribution in [0.25, 0.3) is 0 Å². The fraction of sp³-hybridized carbons (Fsp3) is 0.429. The topological polar surface area (TPSA) is 67.4 Å². The molecule has 1 rings (SSSR count). The quantitative estimate of drug-likeness (QED) is 0.752. The summed E-state index contributed by atoms with van der Waals surface area (Å²) in [5.74, 6) is -0.523. The number of amides is 2. The molecule has 1 atom stereocenters. The highest BCUT2D eigenvalue weighted by Crippen LogP contribution is 2.09. The fourth-order valence-corrected chi connectivity index (χ4v) is 1.65. The van der Waals surface area contributed by atoms with E-state index in [0.29, 0.717) is 23.7 Å². The molecule has 0 aliphatic rings. The van der Waals surface area contributed by atoms with Gasteiger partial charge in [0.2, 0.25) is 5.91 Å². The predicted molar refractivity (Wildman–Crippen MR) is 77.9 cm³/mol. The number of hydrogen-bond donors (Lipinski definition) is 2. The van der Waals surface area contributed by atoms with Gasteiger partial charge < -0.3 is 15.4 Å². The van der Waals surface area contributed by atoms with Gasteiger partial charge in [0.05, 0.1) is 0 Å². The van der Waals surface area contributed by atoms with Gasteiger partial charge in [-0.25, -0.2) is 0 Å². The molecule has 0 saturated heterocycles. The second kappa shape index (κ2) is 8.55. The van der Waals surface area contributed by atoms with Crippen molar-refractivity contribution in [2.75, 3.05) is 20.3 Å². The monoisotopic (exact) mass is 298 g/mol. The minimum atomic E-state index is -0.597. The predicted octanol–water partition coefficient (Wildman–Crippen LogP) is 1.61. The molecule has 1 aromatic carbocycles. The van der Waals surface area contributed by atoms with Crippen LogP contribution in [0.3, 0.4) is 0 Å². The highest BCUT2D eigenvalue weighted by molar-refractivity contribution is 6.30. The van der Waals surface area contributed by atoms with Crippen LogP contribution in [0.5, 0.6) is 0 Å². The fourth-order valence-electron chi connectivity index (χ4n) is 1.53. The van der Waals surface area contributed by atoms with Crippen molar-refractivity contribution >= 4 is 23.4 Å². The Bertz CT molecular complexity index is 448. The molecule has 0 aromatic heterocycles. The molecule has 5 nitrogen and oxygen atoms in total. The highest BCUT2D eigenvalue weighted by atomic mass is 35.5. The number of carbonyl (C=O) groups excluding carboxylic acids is 2. The molecule has 110 valence electrons. The summed E-state index contributed by atoms with van der Waals surface area (Å²) in [6, 6.07) is 5.89. The Balaban J connectivity index is 2.40. The molecule has 0 aliphatic heterocycles. The van der Waals surface area contributed by atoms with Crippen molar-refractivity contribution in [1.82, 2.24) is 10.6 Å². The van der Waals surface area contributed by atoms with E-state index < -0.39 is 6.04 Å². The summed E-state index contributed by atoms with van der Waals surface area (Å²) in [4.78, 5) is 23.6. The summed E-state index contributed by atoms with van der Waals surface area (Å²) in [5, 5.41) is 5.92. The van der Waals surface area contributed by atoms with Crippen molar-refractivity contribution in [3.63, 3.8) is 0 Å². The first-order valence-corrected chi connectivity index (χ1v) is 6.75. The maximum atomic E-state index is 11.9. The number of benzene rings is 1. The van der Waals surface area contributed by atoms with Crippen LogP contribution in [0.1, 0.15) is 23.7 Å². The third kappa shape index (κ3) is 5.59. The number of carbonyl (C=O) groups is 2. The first kappa shape index (κ1) is 16.5. The molecule has 1 unspecified atom stereocenters. The van der Waals surface area contributed by atoms with Crippen LogP contribution in [0, 0.1) is 0 Å². The molecule has 2 N–H and O–H groups in total. The van der Waals surface area contributed by atoms with Crippen molar-refractivity contribution in [2.24, 2.45) is 0 Å². The van der Waals surface area contributed by atoms with E-state index >= 15 is 0 Å². The third-order valence-corrected chi connectivity index (χ3v) is 2.92. The van der Waals surface area contributed by atoms with E-state index in [1.807, 2.05) is 0 Å². The van der Waals surface area contributed by atoms with E-state index in [4.69, 9.17) is 16.3 Å². The van der Waals surface area contributed by atoms with Crippen LogP contribution in [0.4, 0.5) is 0 Å². The van der Waals surface area contributed by atoms with Gasteiger partial charge in [-0.2, -0.15) is 0 Å². The number of rotatable bonds is 7. The molecule has 2 amide bonds. The van der Waals surface area contributed by atoms with Gasteiger partial charge in [0.15, 0.2) is 0 Å². The maximum absolute atomic E-state index is 11.9. The van der Waals surface area contributed by atoms with Gasteiger partial charge in [0, 0.05) is 30.8 Å². The van der Waals surface area contributed by atoms with Gasteiger partial charge in [-0.1, -0.05) is 11.6 Å². The Kier molecular flexibility index (Phi) is 7.04. The Morgan fingerprint density at radius 1 is 1.30 bits per heavy atom. The number of hydrogen-bond acceptors (Lipinski definition) is 3. The largest absolute Gasteiger partial charge is 0.385 e. The van der Waals surface area contributed by atoms with E-state index in [1.165, 1.54) is 0 Å². The summed E-state index contributed by atoms with van der Waals surface area (Å²) in [7, 11) is 1.61. The molecule has 0 saturated carbocycles. The average Bonchev–Trinajstić information content (AvgIpc) is 2.44. The van der Waals surface area contributed by atoms with Crippen molar-refractivity contribution < 1.29 is 14.3 Å². The molecule has 0 spiro atoms. The van der Waals surface area contributed by atoms with Crippen molar-refractivity contribution in [2.45, 2.75) is 19.4 Å². The standard InChI is InChI=1S/C14H19ClN2O3/c1-10(13(18)16-8-3-9-20-2)17-14(19)11-4-6-12(15)7-5-11/h4-7,10H,3,8-9H2,1-2H3,(H,16,18)(H,17,19). The van der Waals surface area contributed by atoms with Crippen LogP contribution in [0.15, 0.2) is 24.3 Å². The molecular weight excluding hydrogens is 280 g/mol. The lowest BCUT2D eigenvalue weighted by molar-refractivity contribution is -0.122. The lowest BCUT2D eigenvalue weighted by Gasteiger charge is -2.14. The normalized spacial score (nSPS) is 11.8. The molecule has 0 aliphatic carbocycles. The Morgan fingerprint density at radius 3 is 2.55 bits per heavy atom.